The zero-order valence-corrected chi connectivity index (χ0v) is 19.0. The fourth-order valence-electron chi connectivity index (χ4n) is 4.05. The summed E-state index contributed by atoms with van der Waals surface area (Å²) in [4.78, 5) is 35.5. The normalized spacial score (nSPS) is 13.5. The van der Waals surface area contributed by atoms with Gasteiger partial charge in [0.25, 0.3) is 0 Å². The van der Waals surface area contributed by atoms with Crippen LogP contribution in [0.2, 0.25) is 0 Å². The molecule has 35 heavy (non-hydrogen) atoms. The van der Waals surface area contributed by atoms with E-state index in [-0.39, 0.29) is 25.7 Å². The van der Waals surface area contributed by atoms with Gasteiger partial charge >= 0.3 is 17.8 Å². The van der Waals surface area contributed by atoms with Crippen LogP contribution >= 0.6 is 0 Å². The molecule has 2 aromatic heterocycles. The van der Waals surface area contributed by atoms with Gasteiger partial charge in [-0.3, -0.25) is 4.57 Å². The maximum atomic E-state index is 12.2. The summed E-state index contributed by atoms with van der Waals surface area (Å²) in [5.74, 6) is -0.822. The van der Waals surface area contributed by atoms with Gasteiger partial charge in [0.2, 0.25) is 0 Å². The molecule has 1 amide bonds. The van der Waals surface area contributed by atoms with Crippen LogP contribution in [0.1, 0.15) is 38.7 Å². The Morgan fingerprint density at radius 3 is 2.94 bits per heavy atom. The molecular formula is C24H22N4O7. The average Bonchev–Trinajstić information content (AvgIpc) is 3.55. The number of aliphatic hydroxyl groups is 1. The van der Waals surface area contributed by atoms with Gasteiger partial charge in [-0.1, -0.05) is 6.07 Å². The molecule has 2 aromatic carbocycles. The highest BCUT2D eigenvalue weighted by Gasteiger charge is 2.26. The number of fused-ring (bicyclic) bond motifs is 2. The number of carbonyl (C=O) groups excluding carboxylic acids is 2. The Hall–Kier alpha value is -4.38. The van der Waals surface area contributed by atoms with Crippen molar-refractivity contribution >= 4 is 23.2 Å². The van der Waals surface area contributed by atoms with Crippen molar-refractivity contribution in [1.82, 2.24) is 19.7 Å². The lowest BCUT2D eigenvalue weighted by atomic mass is 9.96. The molecule has 0 saturated heterocycles. The third-order valence-corrected chi connectivity index (χ3v) is 6.05. The number of hydrogen-bond acceptors (Lipinski definition) is 8. The fourth-order valence-corrected chi connectivity index (χ4v) is 4.05. The summed E-state index contributed by atoms with van der Waals surface area (Å²) in [6.07, 6.45) is 1.61. The number of hydrogen-bond donors (Lipinski definition) is 2. The highest BCUT2D eigenvalue weighted by atomic mass is 16.6. The molecule has 2 N–H and O–H groups in total. The highest BCUT2D eigenvalue weighted by Crippen LogP contribution is 2.29. The number of rotatable bonds is 6. The molecular weight excluding hydrogens is 456 g/mol. The summed E-state index contributed by atoms with van der Waals surface area (Å²) in [6.45, 7) is 1.88. The highest BCUT2D eigenvalue weighted by molar-refractivity contribution is 5.94. The predicted octanol–water partition coefficient (Wildman–Crippen LogP) is 2.26. The van der Waals surface area contributed by atoms with Crippen molar-refractivity contribution in [3.63, 3.8) is 0 Å². The maximum absolute atomic E-state index is 12.2. The number of nitrogens with one attached hydrogen (secondary N) is 1. The standard InChI is InChI=1S/C24H22N4O7/c1-13-16(4-5-17-18(13)11-33-22(17)30)20(29)12-34-23(31)25-8-14-9-26-28(10-14)15-3-6-21-19(7-15)27(2)24(32)35-21/h3-7,9-10,20,29H,8,11-12H2,1-2H3,(H,25,31). The summed E-state index contributed by atoms with van der Waals surface area (Å²) >= 11 is 0. The van der Waals surface area contributed by atoms with Crippen LogP contribution in [-0.4, -0.2) is 38.1 Å². The number of aliphatic hydroxyl groups excluding tert-OH is 1. The molecule has 1 aliphatic heterocycles. The van der Waals surface area contributed by atoms with Crippen molar-refractivity contribution in [1.29, 1.82) is 0 Å². The zero-order valence-electron chi connectivity index (χ0n) is 19.0. The van der Waals surface area contributed by atoms with Crippen molar-refractivity contribution in [3.8, 4) is 5.69 Å². The average molecular weight is 478 g/mol. The van der Waals surface area contributed by atoms with Crippen LogP contribution in [0, 0.1) is 6.92 Å². The second-order valence-corrected chi connectivity index (χ2v) is 8.22. The van der Waals surface area contributed by atoms with Crippen molar-refractivity contribution in [2.45, 2.75) is 26.2 Å². The van der Waals surface area contributed by atoms with Crippen LogP contribution in [0.4, 0.5) is 4.79 Å². The molecule has 1 aliphatic rings. The van der Waals surface area contributed by atoms with Gasteiger partial charge in [-0.25, -0.2) is 19.1 Å². The number of nitrogens with zero attached hydrogens (tertiary/aromatic N) is 3. The number of aromatic nitrogens is 3. The van der Waals surface area contributed by atoms with Gasteiger partial charge in [-0.15, -0.1) is 0 Å². The topological polar surface area (TPSA) is 138 Å². The molecule has 11 nitrogen and oxygen atoms in total. The van der Waals surface area contributed by atoms with Crippen molar-refractivity contribution < 1.29 is 28.6 Å². The van der Waals surface area contributed by atoms with Gasteiger partial charge in [0.1, 0.15) is 19.3 Å². The first-order valence-corrected chi connectivity index (χ1v) is 10.8. The quantitative estimate of drug-likeness (QED) is 0.403. The molecule has 5 rings (SSSR count). The Kier molecular flexibility index (Phi) is 5.61. The van der Waals surface area contributed by atoms with Crippen LogP contribution in [0.25, 0.3) is 16.8 Å². The summed E-state index contributed by atoms with van der Waals surface area (Å²) in [5.41, 5.74) is 5.12. The van der Waals surface area contributed by atoms with Crippen molar-refractivity contribution in [2.24, 2.45) is 7.05 Å². The number of benzene rings is 2. The van der Waals surface area contributed by atoms with Crippen molar-refractivity contribution in [2.75, 3.05) is 6.61 Å². The van der Waals surface area contributed by atoms with E-state index in [1.54, 1.807) is 61.4 Å². The first kappa shape index (κ1) is 22.4. The molecule has 180 valence electrons. The van der Waals surface area contributed by atoms with Gasteiger partial charge in [-0.05, 0) is 42.3 Å². The zero-order chi connectivity index (χ0) is 24.7. The molecule has 4 aromatic rings. The Bertz CT molecular complexity index is 1510. The lowest BCUT2D eigenvalue weighted by molar-refractivity contribution is 0.0534. The molecule has 0 fully saturated rings. The van der Waals surface area contributed by atoms with Gasteiger partial charge in [-0.2, -0.15) is 5.10 Å². The maximum Gasteiger partial charge on any atom is 0.419 e. The number of cyclic esters (lactones) is 1. The Morgan fingerprint density at radius 1 is 1.29 bits per heavy atom. The van der Waals surface area contributed by atoms with Gasteiger partial charge in [0.05, 0.1) is 23.0 Å². The minimum Gasteiger partial charge on any atom is -0.457 e. The van der Waals surface area contributed by atoms with Crippen LogP contribution in [0.15, 0.2) is 51.9 Å². The van der Waals surface area contributed by atoms with Crippen LogP contribution in [-0.2, 0) is 29.7 Å². The van der Waals surface area contributed by atoms with Gasteiger partial charge in [0, 0.05) is 30.9 Å². The molecule has 0 bridgehead atoms. The number of ether oxygens (including phenoxy) is 2. The number of aryl methyl sites for hydroxylation is 1. The molecule has 0 saturated carbocycles. The molecule has 11 heteroatoms. The third-order valence-electron chi connectivity index (χ3n) is 6.05. The minimum absolute atomic E-state index is 0.165. The van der Waals surface area contributed by atoms with Crippen LogP contribution in [0.3, 0.4) is 0 Å². The summed E-state index contributed by atoms with van der Waals surface area (Å²) in [5, 5.41) is 17.4. The van der Waals surface area contributed by atoms with Gasteiger partial charge < -0.3 is 24.3 Å². The molecule has 1 unspecified atom stereocenters. The predicted molar refractivity (Wildman–Crippen MR) is 122 cm³/mol. The molecule has 0 radical (unpaired) electrons. The number of alkyl carbamates (subject to hydrolysis) is 1. The third kappa shape index (κ3) is 4.17. The largest absolute Gasteiger partial charge is 0.457 e. The van der Waals surface area contributed by atoms with E-state index in [1.165, 1.54) is 4.57 Å². The molecule has 0 aliphatic carbocycles. The SMILES string of the molecule is Cc1c(C(O)COC(=O)NCc2cnn(-c3ccc4oc(=O)n(C)c4c3)c2)ccc2c1COC2=O. The van der Waals surface area contributed by atoms with Crippen LogP contribution in [0.5, 0.6) is 0 Å². The van der Waals surface area contributed by atoms with E-state index in [0.717, 1.165) is 22.4 Å². The van der Waals surface area contributed by atoms with E-state index in [0.29, 0.717) is 22.2 Å². The number of carbonyl (C=O) groups is 2. The molecule has 0 spiro atoms. The first-order valence-electron chi connectivity index (χ1n) is 10.8. The monoisotopic (exact) mass is 478 g/mol. The lowest BCUT2D eigenvalue weighted by Gasteiger charge is -2.16. The Labute approximate surface area is 198 Å². The smallest absolute Gasteiger partial charge is 0.419 e. The van der Waals surface area contributed by atoms with E-state index >= 15 is 0 Å². The van der Waals surface area contributed by atoms with Crippen LogP contribution < -0.4 is 11.1 Å². The van der Waals surface area contributed by atoms with Gasteiger partial charge in [0.15, 0.2) is 5.58 Å². The number of esters is 1. The van der Waals surface area contributed by atoms with E-state index < -0.39 is 18.0 Å². The fraction of sp³-hybridized carbons (Fsp3) is 0.250. The Balaban J connectivity index is 1.17. The second-order valence-electron chi connectivity index (χ2n) is 8.22. The number of oxazole rings is 1. The number of amides is 1. The molecule has 1 atom stereocenters. The van der Waals surface area contributed by atoms with E-state index in [2.05, 4.69) is 10.4 Å². The summed E-state index contributed by atoms with van der Waals surface area (Å²) < 4.78 is 18.4. The lowest BCUT2D eigenvalue weighted by Crippen LogP contribution is -2.25. The summed E-state index contributed by atoms with van der Waals surface area (Å²) in [6, 6.07) is 8.50. The van der Waals surface area contributed by atoms with E-state index in [9.17, 15) is 19.5 Å². The Morgan fingerprint density at radius 2 is 2.11 bits per heavy atom. The summed E-state index contributed by atoms with van der Waals surface area (Å²) in [7, 11) is 1.62. The van der Waals surface area contributed by atoms with E-state index in [4.69, 9.17) is 13.9 Å². The minimum atomic E-state index is -1.04. The second kappa shape index (κ2) is 8.76. The first-order chi connectivity index (χ1) is 16.8. The van der Waals surface area contributed by atoms with E-state index in [1.807, 2.05) is 0 Å². The molecule has 3 heterocycles. The van der Waals surface area contributed by atoms with Crippen molar-refractivity contribution in [3.05, 3.63) is 81.1 Å².